The SMILES string of the molecule is Cn1cc(C(=O)N2CC=C(COc3cccc4c3CCC(=O)N4)CC2)cn1. The van der Waals surface area contributed by atoms with Crippen LogP contribution in [0.15, 0.2) is 42.2 Å². The lowest BCUT2D eigenvalue weighted by Gasteiger charge is -2.26. The smallest absolute Gasteiger partial charge is 0.257 e. The second-order valence-electron chi connectivity index (χ2n) is 6.89. The predicted octanol–water partition coefficient (Wildman–Crippen LogP) is 2.16. The Hall–Kier alpha value is -3.09. The van der Waals surface area contributed by atoms with Crippen molar-refractivity contribution in [3.63, 3.8) is 0 Å². The molecule has 2 aliphatic heterocycles. The number of aromatic nitrogens is 2. The van der Waals surface area contributed by atoms with Gasteiger partial charge in [-0.05, 0) is 30.5 Å². The van der Waals surface area contributed by atoms with Crippen molar-refractivity contribution < 1.29 is 14.3 Å². The van der Waals surface area contributed by atoms with E-state index in [1.807, 2.05) is 23.1 Å². The topological polar surface area (TPSA) is 76.5 Å². The molecule has 7 nitrogen and oxygen atoms in total. The van der Waals surface area contributed by atoms with Gasteiger partial charge in [0.25, 0.3) is 5.91 Å². The van der Waals surface area contributed by atoms with Gasteiger partial charge in [0.2, 0.25) is 5.91 Å². The van der Waals surface area contributed by atoms with Gasteiger partial charge in [-0.1, -0.05) is 12.1 Å². The number of aryl methyl sites for hydroxylation is 1. The van der Waals surface area contributed by atoms with Crippen LogP contribution in [0.4, 0.5) is 5.69 Å². The van der Waals surface area contributed by atoms with Gasteiger partial charge in [0.05, 0.1) is 11.8 Å². The number of benzene rings is 1. The van der Waals surface area contributed by atoms with E-state index >= 15 is 0 Å². The number of anilines is 1. The van der Waals surface area contributed by atoms with E-state index in [2.05, 4.69) is 16.5 Å². The van der Waals surface area contributed by atoms with E-state index < -0.39 is 0 Å². The average molecular weight is 366 g/mol. The molecular weight excluding hydrogens is 344 g/mol. The summed E-state index contributed by atoms with van der Waals surface area (Å²) in [5.41, 5.74) is 3.70. The van der Waals surface area contributed by atoms with Crippen LogP contribution in [0, 0.1) is 0 Å². The Kier molecular flexibility index (Phi) is 4.66. The van der Waals surface area contributed by atoms with Gasteiger partial charge in [0, 0.05) is 44.0 Å². The first kappa shape index (κ1) is 17.3. The Labute approximate surface area is 157 Å². The minimum Gasteiger partial charge on any atom is -0.489 e. The average Bonchev–Trinajstić information content (AvgIpc) is 3.12. The molecule has 1 N–H and O–H groups in total. The lowest BCUT2D eigenvalue weighted by molar-refractivity contribution is -0.116. The number of fused-ring (bicyclic) bond motifs is 1. The van der Waals surface area contributed by atoms with Gasteiger partial charge in [0.1, 0.15) is 12.4 Å². The molecule has 0 radical (unpaired) electrons. The maximum absolute atomic E-state index is 12.5. The number of hydrogen-bond donors (Lipinski definition) is 1. The second kappa shape index (κ2) is 7.26. The maximum atomic E-state index is 12.5. The molecule has 0 saturated heterocycles. The lowest BCUT2D eigenvalue weighted by atomic mass is 10.0. The highest BCUT2D eigenvalue weighted by atomic mass is 16.5. The molecule has 0 bridgehead atoms. The Balaban J connectivity index is 1.37. The zero-order valence-electron chi connectivity index (χ0n) is 15.3. The van der Waals surface area contributed by atoms with Crippen LogP contribution in [0.2, 0.25) is 0 Å². The summed E-state index contributed by atoms with van der Waals surface area (Å²) in [6.45, 7) is 1.75. The summed E-state index contributed by atoms with van der Waals surface area (Å²) in [6, 6.07) is 5.74. The van der Waals surface area contributed by atoms with E-state index in [0.717, 1.165) is 23.4 Å². The molecule has 2 aliphatic rings. The molecule has 0 fully saturated rings. The third kappa shape index (κ3) is 3.72. The first-order valence-electron chi connectivity index (χ1n) is 9.10. The molecule has 3 heterocycles. The van der Waals surface area contributed by atoms with Crippen LogP contribution < -0.4 is 10.1 Å². The molecule has 0 unspecified atom stereocenters. The molecule has 0 aliphatic carbocycles. The Morgan fingerprint density at radius 3 is 2.93 bits per heavy atom. The van der Waals surface area contributed by atoms with Crippen LogP contribution >= 0.6 is 0 Å². The number of ether oxygens (including phenoxy) is 1. The van der Waals surface area contributed by atoms with Crippen LogP contribution in [0.1, 0.15) is 28.8 Å². The number of hydrogen-bond acceptors (Lipinski definition) is 4. The van der Waals surface area contributed by atoms with Crippen LogP contribution in [0.5, 0.6) is 5.75 Å². The van der Waals surface area contributed by atoms with Gasteiger partial charge in [-0.3, -0.25) is 14.3 Å². The van der Waals surface area contributed by atoms with Crippen LogP contribution in [-0.2, 0) is 18.3 Å². The first-order valence-corrected chi connectivity index (χ1v) is 9.10. The van der Waals surface area contributed by atoms with Gasteiger partial charge >= 0.3 is 0 Å². The summed E-state index contributed by atoms with van der Waals surface area (Å²) >= 11 is 0. The van der Waals surface area contributed by atoms with Crippen LogP contribution in [-0.4, -0.2) is 46.2 Å². The fourth-order valence-corrected chi connectivity index (χ4v) is 3.44. The molecule has 7 heteroatoms. The van der Waals surface area contributed by atoms with Crippen molar-refractivity contribution in [2.24, 2.45) is 7.05 Å². The normalized spacial score (nSPS) is 16.4. The van der Waals surface area contributed by atoms with E-state index in [1.54, 1.807) is 24.1 Å². The summed E-state index contributed by atoms with van der Waals surface area (Å²) in [6.07, 6.45) is 7.38. The summed E-state index contributed by atoms with van der Waals surface area (Å²) in [4.78, 5) is 25.8. The van der Waals surface area contributed by atoms with Crippen LogP contribution in [0.3, 0.4) is 0 Å². The third-order valence-electron chi connectivity index (χ3n) is 4.96. The minimum absolute atomic E-state index is 0.00666. The van der Waals surface area contributed by atoms with Crippen LogP contribution in [0.25, 0.3) is 0 Å². The highest BCUT2D eigenvalue weighted by Gasteiger charge is 2.21. The zero-order valence-corrected chi connectivity index (χ0v) is 15.3. The van der Waals surface area contributed by atoms with Gasteiger partial charge < -0.3 is 15.0 Å². The van der Waals surface area contributed by atoms with E-state index in [1.165, 1.54) is 5.57 Å². The van der Waals surface area contributed by atoms with Gasteiger partial charge in [-0.15, -0.1) is 0 Å². The van der Waals surface area contributed by atoms with Crippen molar-refractivity contribution in [2.45, 2.75) is 19.3 Å². The van der Waals surface area contributed by atoms with E-state index in [0.29, 0.717) is 38.1 Å². The fourth-order valence-electron chi connectivity index (χ4n) is 3.44. The van der Waals surface area contributed by atoms with E-state index in [-0.39, 0.29) is 11.8 Å². The van der Waals surface area contributed by atoms with Crippen molar-refractivity contribution in [1.82, 2.24) is 14.7 Å². The number of carbonyl (C=O) groups is 2. The quantitative estimate of drug-likeness (QED) is 0.842. The standard InChI is InChI=1S/C20H22N4O3/c1-23-12-15(11-21-23)20(26)24-9-7-14(8-10-24)13-27-18-4-2-3-17-16(18)5-6-19(25)22-17/h2-4,7,11-12H,5-6,8-10,13H2,1H3,(H,22,25). The van der Waals surface area contributed by atoms with Crippen molar-refractivity contribution in [2.75, 3.05) is 25.0 Å². The summed E-state index contributed by atoms with van der Waals surface area (Å²) < 4.78 is 7.66. The molecule has 2 amide bonds. The van der Waals surface area contributed by atoms with Crippen molar-refractivity contribution in [1.29, 1.82) is 0 Å². The highest BCUT2D eigenvalue weighted by Crippen LogP contribution is 2.31. The summed E-state index contributed by atoms with van der Waals surface area (Å²) in [5.74, 6) is 0.877. The molecular formula is C20H22N4O3. The molecule has 2 aromatic rings. The number of nitrogens with zero attached hydrogens (tertiary/aromatic N) is 3. The Morgan fingerprint density at radius 1 is 1.30 bits per heavy atom. The second-order valence-corrected chi connectivity index (χ2v) is 6.89. The van der Waals surface area contributed by atoms with Gasteiger partial charge in [-0.2, -0.15) is 5.10 Å². The third-order valence-corrected chi connectivity index (χ3v) is 4.96. The zero-order chi connectivity index (χ0) is 18.8. The van der Waals surface area contributed by atoms with E-state index in [4.69, 9.17) is 4.74 Å². The summed E-state index contributed by atoms with van der Waals surface area (Å²) in [7, 11) is 1.80. The van der Waals surface area contributed by atoms with Crippen molar-refractivity contribution in [3.8, 4) is 5.75 Å². The minimum atomic E-state index is 0.00666. The molecule has 0 atom stereocenters. The van der Waals surface area contributed by atoms with Crippen molar-refractivity contribution in [3.05, 3.63) is 53.4 Å². The lowest BCUT2D eigenvalue weighted by Crippen LogP contribution is -2.35. The first-order chi connectivity index (χ1) is 13.1. The molecule has 140 valence electrons. The largest absolute Gasteiger partial charge is 0.489 e. The van der Waals surface area contributed by atoms with E-state index in [9.17, 15) is 9.59 Å². The Morgan fingerprint density at radius 2 is 2.19 bits per heavy atom. The monoisotopic (exact) mass is 366 g/mol. The Bertz CT molecular complexity index is 916. The fraction of sp³-hybridized carbons (Fsp3) is 0.350. The molecule has 1 aromatic carbocycles. The number of rotatable bonds is 4. The maximum Gasteiger partial charge on any atom is 0.257 e. The predicted molar refractivity (Wildman–Crippen MR) is 101 cm³/mol. The molecule has 0 spiro atoms. The number of nitrogens with one attached hydrogen (secondary N) is 1. The molecule has 1 aromatic heterocycles. The molecule has 27 heavy (non-hydrogen) atoms. The molecule has 0 saturated carbocycles. The van der Waals surface area contributed by atoms with Gasteiger partial charge in [0.15, 0.2) is 0 Å². The molecule has 4 rings (SSSR count). The number of amides is 2. The number of carbonyl (C=O) groups excluding carboxylic acids is 2. The highest BCUT2D eigenvalue weighted by molar-refractivity contribution is 5.94. The van der Waals surface area contributed by atoms with Crippen molar-refractivity contribution >= 4 is 17.5 Å². The van der Waals surface area contributed by atoms with Gasteiger partial charge in [-0.25, -0.2) is 0 Å². The summed E-state index contributed by atoms with van der Waals surface area (Å²) in [5, 5.41) is 6.95.